The van der Waals surface area contributed by atoms with Crippen molar-refractivity contribution in [1.82, 2.24) is 10.3 Å². The number of pyridine rings is 1. The first-order chi connectivity index (χ1) is 10.1. The third kappa shape index (κ3) is 3.95. The van der Waals surface area contributed by atoms with Crippen LogP contribution in [0.1, 0.15) is 35.8 Å². The van der Waals surface area contributed by atoms with Gasteiger partial charge in [-0.15, -0.1) is 0 Å². The fraction of sp³-hybridized carbons (Fsp3) is 0.250. The Balaban J connectivity index is 2.14. The molecule has 1 N–H and O–H groups in total. The van der Waals surface area contributed by atoms with Crippen LogP contribution in [0.4, 0.5) is 0 Å². The van der Waals surface area contributed by atoms with Gasteiger partial charge in [0.25, 0.3) is 5.91 Å². The average molecular weight is 305 g/mol. The number of hydrogen-bond acceptors (Lipinski definition) is 3. The van der Waals surface area contributed by atoms with Crippen molar-refractivity contribution in [3.63, 3.8) is 0 Å². The molecular weight excluding hydrogens is 288 g/mol. The zero-order chi connectivity index (χ0) is 15.2. The molecule has 0 saturated heterocycles. The highest BCUT2D eigenvalue weighted by atomic mass is 35.5. The number of nitrogens with one attached hydrogen (secondary N) is 1. The first-order valence-electron chi connectivity index (χ1n) is 6.76. The number of hydrogen-bond donors (Lipinski definition) is 1. The molecule has 1 aromatic heterocycles. The van der Waals surface area contributed by atoms with E-state index in [-0.39, 0.29) is 11.9 Å². The average Bonchev–Trinajstić information content (AvgIpc) is 2.48. The van der Waals surface area contributed by atoms with Gasteiger partial charge in [-0.3, -0.25) is 4.79 Å². The maximum atomic E-state index is 12.3. The number of nitrogens with zero attached hydrogens (tertiary/aromatic N) is 1. The lowest BCUT2D eigenvalue weighted by atomic mass is 10.1. The number of carbonyl (C=O) groups is 1. The third-order valence-corrected chi connectivity index (χ3v) is 3.23. The Bertz CT molecular complexity index is 631. The quantitative estimate of drug-likeness (QED) is 0.918. The Hall–Kier alpha value is -2.07. The topological polar surface area (TPSA) is 51.2 Å². The van der Waals surface area contributed by atoms with Gasteiger partial charge in [-0.05, 0) is 43.7 Å². The van der Waals surface area contributed by atoms with Crippen molar-refractivity contribution in [3.8, 4) is 5.88 Å². The molecule has 0 spiro atoms. The van der Waals surface area contributed by atoms with Gasteiger partial charge in [0.1, 0.15) is 5.56 Å². The van der Waals surface area contributed by atoms with Gasteiger partial charge in [-0.25, -0.2) is 4.98 Å². The van der Waals surface area contributed by atoms with Crippen LogP contribution in [0.2, 0.25) is 5.02 Å². The molecule has 5 heteroatoms. The summed E-state index contributed by atoms with van der Waals surface area (Å²) >= 11 is 5.97. The van der Waals surface area contributed by atoms with E-state index in [1.54, 1.807) is 24.4 Å². The molecule has 1 amide bonds. The fourth-order valence-corrected chi connectivity index (χ4v) is 2.15. The Kier molecular flexibility index (Phi) is 5.17. The van der Waals surface area contributed by atoms with E-state index in [9.17, 15) is 4.79 Å². The zero-order valence-corrected chi connectivity index (χ0v) is 12.7. The van der Waals surface area contributed by atoms with Crippen molar-refractivity contribution in [2.24, 2.45) is 0 Å². The van der Waals surface area contributed by atoms with Gasteiger partial charge in [0.05, 0.1) is 12.6 Å². The summed E-state index contributed by atoms with van der Waals surface area (Å²) in [6.45, 7) is 4.21. The second-order valence-electron chi connectivity index (χ2n) is 4.54. The normalized spacial score (nSPS) is 11.8. The van der Waals surface area contributed by atoms with E-state index in [0.29, 0.717) is 23.1 Å². The van der Waals surface area contributed by atoms with Crippen molar-refractivity contribution in [2.45, 2.75) is 19.9 Å². The Morgan fingerprint density at radius 1 is 1.38 bits per heavy atom. The molecule has 0 bridgehead atoms. The van der Waals surface area contributed by atoms with Gasteiger partial charge >= 0.3 is 0 Å². The molecule has 0 aliphatic heterocycles. The largest absolute Gasteiger partial charge is 0.477 e. The highest BCUT2D eigenvalue weighted by Crippen LogP contribution is 2.19. The predicted molar refractivity (Wildman–Crippen MR) is 82.7 cm³/mol. The second-order valence-corrected chi connectivity index (χ2v) is 4.98. The molecule has 1 heterocycles. The second kappa shape index (κ2) is 7.09. The molecule has 2 rings (SSSR count). The van der Waals surface area contributed by atoms with Gasteiger partial charge in [0, 0.05) is 11.2 Å². The Morgan fingerprint density at radius 3 is 2.90 bits per heavy atom. The lowest BCUT2D eigenvalue weighted by Gasteiger charge is -2.15. The van der Waals surface area contributed by atoms with Gasteiger partial charge in [-0.2, -0.15) is 0 Å². The van der Waals surface area contributed by atoms with Crippen molar-refractivity contribution >= 4 is 17.5 Å². The summed E-state index contributed by atoms with van der Waals surface area (Å²) in [5, 5.41) is 3.56. The van der Waals surface area contributed by atoms with Crippen molar-refractivity contribution in [3.05, 3.63) is 58.7 Å². The van der Waals surface area contributed by atoms with Gasteiger partial charge < -0.3 is 10.1 Å². The van der Waals surface area contributed by atoms with Crippen LogP contribution in [-0.4, -0.2) is 17.5 Å². The molecule has 4 nitrogen and oxygen atoms in total. The molecule has 0 aliphatic carbocycles. The molecule has 1 atom stereocenters. The number of benzene rings is 1. The van der Waals surface area contributed by atoms with Crippen LogP contribution in [-0.2, 0) is 0 Å². The van der Waals surface area contributed by atoms with E-state index in [4.69, 9.17) is 16.3 Å². The number of halogens is 1. The molecule has 0 fully saturated rings. The van der Waals surface area contributed by atoms with Crippen LogP contribution in [0.25, 0.3) is 0 Å². The van der Waals surface area contributed by atoms with E-state index in [1.165, 1.54) is 0 Å². The zero-order valence-electron chi connectivity index (χ0n) is 12.0. The third-order valence-electron chi connectivity index (χ3n) is 2.99. The van der Waals surface area contributed by atoms with Crippen LogP contribution in [0.15, 0.2) is 42.6 Å². The molecule has 0 saturated carbocycles. The summed E-state index contributed by atoms with van der Waals surface area (Å²) in [6.07, 6.45) is 1.60. The number of carbonyl (C=O) groups excluding carboxylic acids is 1. The highest BCUT2D eigenvalue weighted by Gasteiger charge is 2.16. The SMILES string of the molecule is CCOc1ncccc1C(=O)NC(C)c1cccc(Cl)c1. The van der Waals surface area contributed by atoms with E-state index in [0.717, 1.165) is 5.56 Å². The molecule has 0 radical (unpaired) electrons. The monoisotopic (exact) mass is 304 g/mol. The van der Waals surface area contributed by atoms with E-state index in [2.05, 4.69) is 10.3 Å². The van der Waals surface area contributed by atoms with Crippen molar-refractivity contribution in [1.29, 1.82) is 0 Å². The summed E-state index contributed by atoms with van der Waals surface area (Å²) in [6, 6.07) is 10.7. The summed E-state index contributed by atoms with van der Waals surface area (Å²) < 4.78 is 5.37. The minimum atomic E-state index is -0.223. The number of amides is 1. The lowest BCUT2D eigenvalue weighted by Crippen LogP contribution is -2.27. The Morgan fingerprint density at radius 2 is 2.19 bits per heavy atom. The van der Waals surface area contributed by atoms with Crippen LogP contribution >= 0.6 is 11.6 Å². The number of ether oxygens (including phenoxy) is 1. The van der Waals surface area contributed by atoms with E-state index < -0.39 is 0 Å². The first-order valence-corrected chi connectivity index (χ1v) is 7.13. The minimum Gasteiger partial charge on any atom is -0.477 e. The van der Waals surface area contributed by atoms with Crippen LogP contribution in [0.5, 0.6) is 5.88 Å². The predicted octanol–water partition coefficient (Wildman–Crippen LogP) is 3.62. The summed E-state index contributed by atoms with van der Waals surface area (Å²) in [4.78, 5) is 16.4. The fourth-order valence-electron chi connectivity index (χ4n) is 1.95. The van der Waals surface area contributed by atoms with E-state index in [1.807, 2.05) is 32.0 Å². The molecule has 110 valence electrons. The van der Waals surface area contributed by atoms with Crippen LogP contribution in [0, 0.1) is 0 Å². The molecule has 1 aromatic carbocycles. The minimum absolute atomic E-state index is 0.161. The lowest BCUT2D eigenvalue weighted by molar-refractivity contribution is 0.0935. The molecule has 2 aromatic rings. The van der Waals surface area contributed by atoms with Gasteiger partial charge in [0.15, 0.2) is 0 Å². The smallest absolute Gasteiger partial charge is 0.257 e. The maximum absolute atomic E-state index is 12.3. The molecule has 1 unspecified atom stereocenters. The van der Waals surface area contributed by atoms with Crippen molar-refractivity contribution < 1.29 is 9.53 Å². The van der Waals surface area contributed by atoms with Gasteiger partial charge in [0.2, 0.25) is 5.88 Å². The van der Waals surface area contributed by atoms with Gasteiger partial charge in [-0.1, -0.05) is 23.7 Å². The first kappa shape index (κ1) is 15.3. The molecule has 0 aliphatic rings. The summed E-state index contributed by atoms with van der Waals surface area (Å²) in [5.74, 6) is 0.120. The molecular formula is C16H17ClN2O2. The number of aromatic nitrogens is 1. The maximum Gasteiger partial charge on any atom is 0.257 e. The Labute approximate surface area is 129 Å². The summed E-state index contributed by atoms with van der Waals surface area (Å²) in [5.41, 5.74) is 1.37. The van der Waals surface area contributed by atoms with E-state index >= 15 is 0 Å². The standard InChI is InChI=1S/C16H17ClN2O2/c1-3-21-16-14(8-5-9-18-16)15(20)19-11(2)12-6-4-7-13(17)10-12/h4-11H,3H2,1-2H3,(H,19,20). The van der Waals surface area contributed by atoms with Crippen LogP contribution in [0.3, 0.4) is 0 Å². The van der Waals surface area contributed by atoms with Crippen molar-refractivity contribution in [2.75, 3.05) is 6.61 Å². The highest BCUT2D eigenvalue weighted by molar-refractivity contribution is 6.30. The molecule has 21 heavy (non-hydrogen) atoms. The number of rotatable bonds is 5. The summed E-state index contributed by atoms with van der Waals surface area (Å²) in [7, 11) is 0. The van der Waals surface area contributed by atoms with Crippen LogP contribution < -0.4 is 10.1 Å².